The fourth-order valence-electron chi connectivity index (χ4n) is 1.69. The first kappa shape index (κ1) is 12.1. The molecule has 90 valence electrons. The number of halogens is 3. The Labute approximate surface area is 101 Å². The third kappa shape index (κ3) is 2.18. The van der Waals surface area contributed by atoms with Gasteiger partial charge in [0, 0.05) is 6.20 Å². The van der Waals surface area contributed by atoms with Gasteiger partial charge in [0.15, 0.2) is 5.69 Å². The maximum Gasteiger partial charge on any atom is 0.419 e. The van der Waals surface area contributed by atoms with Crippen LogP contribution in [0, 0.1) is 11.3 Å². The van der Waals surface area contributed by atoms with E-state index in [2.05, 4.69) is 4.98 Å². The summed E-state index contributed by atoms with van der Waals surface area (Å²) < 4.78 is 39.0. The number of aromatic nitrogens is 1. The van der Waals surface area contributed by atoms with Crippen molar-refractivity contribution in [2.75, 3.05) is 0 Å². The molecular formula is C13H7F3N2. The van der Waals surface area contributed by atoms with Gasteiger partial charge in [-0.2, -0.15) is 18.4 Å². The van der Waals surface area contributed by atoms with Crippen LogP contribution < -0.4 is 0 Å². The lowest BCUT2D eigenvalue weighted by atomic mass is 9.99. The molecule has 0 saturated carbocycles. The summed E-state index contributed by atoms with van der Waals surface area (Å²) in [6, 6.07) is 10.9. The van der Waals surface area contributed by atoms with Gasteiger partial charge in [0.2, 0.25) is 0 Å². The second kappa shape index (κ2) is 4.49. The molecule has 0 radical (unpaired) electrons. The van der Waals surface area contributed by atoms with Crippen molar-refractivity contribution in [1.82, 2.24) is 4.98 Å². The highest BCUT2D eigenvalue weighted by Gasteiger charge is 2.37. The van der Waals surface area contributed by atoms with Crippen LogP contribution in [0.5, 0.6) is 0 Å². The van der Waals surface area contributed by atoms with Crippen LogP contribution in [0.15, 0.2) is 42.6 Å². The molecule has 0 aliphatic carbocycles. The first-order valence-corrected chi connectivity index (χ1v) is 5.06. The predicted octanol–water partition coefficient (Wildman–Crippen LogP) is 3.64. The molecule has 2 rings (SSSR count). The van der Waals surface area contributed by atoms with Gasteiger partial charge in [-0.3, -0.25) is 0 Å². The van der Waals surface area contributed by atoms with E-state index in [9.17, 15) is 13.2 Å². The van der Waals surface area contributed by atoms with Crippen LogP contribution >= 0.6 is 0 Å². The molecule has 0 bridgehead atoms. The minimum absolute atomic E-state index is 0.0327. The second-order valence-corrected chi connectivity index (χ2v) is 3.56. The van der Waals surface area contributed by atoms with E-state index in [0.717, 1.165) is 0 Å². The summed E-state index contributed by atoms with van der Waals surface area (Å²) in [6.45, 7) is 0. The van der Waals surface area contributed by atoms with Crippen molar-refractivity contribution in [2.24, 2.45) is 0 Å². The standard InChI is InChI=1S/C13H7F3N2/c14-13(15,16)12-10(6-7-18-11(12)8-17)9-4-2-1-3-5-9/h1-7H. The van der Waals surface area contributed by atoms with E-state index in [-0.39, 0.29) is 5.56 Å². The van der Waals surface area contributed by atoms with Gasteiger partial charge in [-0.1, -0.05) is 30.3 Å². The molecule has 18 heavy (non-hydrogen) atoms. The van der Waals surface area contributed by atoms with E-state index in [1.807, 2.05) is 0 Å². The molecule has 0 saturated heterocycles. The molecule has 0 aliphatic heterocycles. The third-order valence-corrected chi connectivity index (χ3v) is 2.43. The van der Waals surface area contributed by atoms with Gasteiger partial charge < -0.3 is 0 Å². The average Bonchev–Trinajstić information content (AvgIpc) is 2.38. The van der Waals surface area contributed by atoms with Gasteiger partial charge in [0.05, 0.1) is 5.56 Å². The fraction of sp³-hybridized carbons (Fsp3) is 0.0769. The van der Waals surface area contributed by atoms with E-state index in [0.29, 0.717) is 5.56 Å². The lowest BCUT2D eigenvalue weighted by molar-refractivity contribution is -0.137. The number of rotatable bonds is 1. The van der Waals surface area contributed by atoms with E-state index in [1.165, 1.54) is 18.3 Å². The predicted molar refractivity (Wildman–Crippen MR) is 59.4 cm³/mol. The summed E-state index contributed by atoms with van der Waals surface area (Å²) in [5.74, 6) is 0. The molecule has 1 aromatic heterocycles. The lowest BCUT2D eigenvalue weighted by Crippen LogP contribution is -2.11. The Morgan fingerprint density at radius 3 is 2.28 bits per heavy atom. The Hall–Kier alpha value is -2.35. The lowest BCUT2D eigenvalue weighted by Gasteiger charge is -2.13. The SMILES string of the molecule is N#Cc1nccc(-c2ccccc2)c1C(F)(F)F. The molecule has 5 heteroatoms. The highest BCUT2D eigenvalue weighted by Crippen LogP contribution is 2.38. The molecule has 0 atom stereocenters. The number of nitrogens with zero attached hydrogens (tertiary/aromatic N) is 2. The van der Waals surface area contributed by atoms with Gasteiger partial charge in [0.1, 0.15) is 6.07 Å². The molecular weight excluding hydrogens is 241 g/mol. The molecule has 0 fully saturated rings. The average molecular weight is 248 g/mol. The second-order valence-electron chi connectivity index (χ2n) is 3.56. The number of alkyl halides is 3. The number of hydrogen-bond donors (Lipinski definition) is 0. The molecule has 1 aromatic carbocycles. The van der Waals surface area contributed by atoms with E-state index < -0.39 is 17.4 Å². The van der Waals surface area contributed by atoms with Gasteiger partial charge in [0.25, 0.3) is 0 Å². The van der Waals surface area contributed by atoms with Crippen molar-refractivity contribution in [3.05, 3.63) is 53.9 Å². The van der Waals surface area contributed by atoms with Crippen LogP contribution in [0.4, 0.5) is 13.2 Å². The molecule has 2 aromatic rings. The molecule has 0 amide bonds. The van der Waals surface area contributed by atoms with Crippen molar-refractivity contribution in [2.45, 2.75) is 6.18 Å². The summed E-state index contributed by atoms with van der Waals surface area (Å²) >= 11 is 0. The van der Waals surface area contributed by atoms with E-state index in [4.69, 9.17) is 5.26 Å². The molecule has 0 spiro atoms. The normalized spacial score (nSPS) is 11.0. The number of benzene rings is 1. The smallest absolute Gasteiger partial charge is 0.245 e. The largest absolute Gasteiger partial charge is 0.419 e. The Morgan fingerprint density at radius 2 is 1.72 bits per heavy atom. The third-order valence-electron chi connectivity index (χ3n) is 2.43. The van der Waals surface area contributed by atoms with Crippen LogP contribution in [0.3, 0.4) is 0 Å². The zero-order valence-electron chi connectivity index (χ0n) is 9.07. The Bertz CT molecular complexity index is 598. The maximum atomic E-state index is 13.0. The molecule has 0 aliphatic rings. The van der Waals surface area contributed by atoms with Crippen LogP contribution in [-0.4, -0.2) is 4.98 Å². The highest BCUT2D eigenvalue weighted by molar-refractivity contribution is 5.69. The topological polar surface area (TPSA) is 36.7 Å². The summed E-state index contributed by atoms with van der Waals surface area (Å²) in [5.41, 5.74) is -1.22. The van der Waals surface area contributed by atoms with Crippen molar-refractivity contribution in [3.63, 3.8) is 0 Å². The Balaban J connectivity index is 2.73. The summed E-state index contributed by atoms with van der Waals surface area (Å²) in [4.78, 5) is 3.47. The summed E-state index contributed by atoms with van der Waals surface area (Å²) in [6.07, 6.45) is -3.40. The van der Waals surface area contributed by atoms with Crippen LogP contribution in [0.2, 0.25) is 0 Å². The summed E-state index contributed by atoms with van der Waals surface area (Å²) in [5, 5.41) is 8.74. The molecule has 2 nitrogen and oxygen atoms in total. The summed E-state index contributed by atoms with van der Waals surface area (Å²) in [7, 11) is 0. The van der Waals surface area contributed by atoms with Crippen LogP contribution in [-0.2, 0) is 6.18 Å². The van der Waals surface area contributed by atoms with Gasteiger partial charge in [-0.15, -0.1) is 0 Å². The number of pyridine rings is 1. The first-order valence-electron chi connectivity index (χ1n) is 5.06. The van der Waals surface area contributed by atoms with Crippen molar-refractivity contribution in [1.29, 1.82) is 5.26 Å². The minimum atomic E-state index is -4.61. The van der Waals surface area contributed by atoms with Crippen LogP contribution in [0.1, 0.15) is 11.3 Å². The van der Waals surface area contributed by atoms with E-state index in [1.54, 1.807) is 30.3 Å². The van der Waals surface area contributed by atoms with Crippen molar-refractivity contribution in [3.8, 4) is 17.2 Å². The van der Waals surface area contributed by atoms with Crippen molar-refractivity contribution >= 4 is 0 Å². The zero-order chi connectivity index (χ0) is 13.2. The van der Waals surface area contributed by atoms with Crippen molar-refractivity contribution < 1.29 is 13.2 Å². The Morgan fingerprint density at radius 1 is 1.06 bits per heavy atom. The van der Waals surface area contributed by atoms with Crippen LogP contribution in [0.25, 0.3) is 11.1 Å². The molecule has 1 heterocycles. The monoisotopic (exact) mass is 248 g/mol. The zero-order valence-corrected chi connectivity index (χ0v) is 9.07. The van der Waals surface area contributed by atoms with E-state index >= 15 is 0 Å². The first-order chi connectivity index (χ1) is 8.54. The van der Waals surface area contributed by atoms with Gasteiger partial charge in [-0.25, -0.2) is 4.98 Å². The maximum absolute atomic E-state index is 13.0. The number of hydrogen-bond acceptors (Lipinski definition) is 2. The number of nitriles is 1. The minimum Gasteiger partial charge on any atom is -0.245 e. The van der Waals surface area contributed by atoms with Gasteiger partial charge >= 0.3 is 6.18 Å². The Kier molecular flexibility index (Phi) is 3.02. The highest BCUT2D eigenvalue weighted by atomic mass is 19.4. The quantitative estimate of drug-likeness (QED) is 0.772. The molecule has 0 N–H and O–H groups in total. The fourth-order valence-corrected chi connectivity index (χ4v) is 1.69. The molecule has 0 unspecified atom stereocenters. The van der Waals surface area contributed by atoms with Gasteiger partial charge in [-0.05, 0) is 17.2 Å².